The first-order chi connectivity index (χ1) is 35.6. The monoisotopic (exact) mass is 1030 g/mol. The fourth-order valence-corrected chi connectivity index (χ4v) is 7.82. The number of aliphatic hydroxyl groups is 1. The van der Waals surface area contributed by atoms with Gasteiger partial charge in [-0.15, -0.1) is 0 Å². The Morgan fingerprint density at radius 3 is 1.58 bits per heavy atom. The Morgan fingerprint density at radius 1 is 0.603 bits per heavy atom. The fourth-order valence-electron chi connectivity index (χ4n) is 7.82. The van der Waals surface area contributed by atoms with Crippen LogP contribution in [0.1, 0.15) is 61.3 Å². The number of rotatable bonds is 41. The third-order valence-corrected chi connectivity index (χ3v) is 11.6. The molecule has 7 N–H and O–H groups in total. The second-order valence-corrected chi connectivity index (χ2v) is 17.3. The van der Waals surface area contributed by atoms with Gasteiger partial charge in [-0.05, 0) is 77.1 Å². The van der Waals surface area contributed by atoms with Gasteiger partial charge in [-0.2, -0.15) is 0 Å². The van der Waals surface area contributed by atoms with Crippen molar-refractivity contribution in [1.29, 1.82) is 0 Å². The molecule has 406 valence electrons. The number of anilines is 1. The first-order valence-corrected chi connectivity index (χ1v) is 25.2. The van der Waals surface area contributed by atoms with Crippen molar-refractivity contribution in [1.82, 2.24) is 16.0 Å². The maximum Gasteiger partial charge on any atom is 0.407 e. The van der Waals surface area contributed by atoms with E-state index in [4.69, 9.17) is 53.1 Å². The number of carbonyl (C=O) groups excluding carboxylic acids is 4. The normalized spacial score (nSPS) is 12.8. The zero-order valence-electron chi connectivity index (χ0n) is 42.9. The van der Waals surface area contributed by atoms with Gasteiger partial charge >= 0.3 is 12.1 Å². The molecule has 3 aromatic rings. The standard InChI is InChI=1S/C53H79N5O15/c1-39(2)49(58-53(63)73-38-47-45-13-6-4-11-43(45)44-12-5-7-14-46(44)47)51(61)57-48(15-8-18-55-52(54)62)50(60)56-42-17-16-41(37-59)40(36-42)10-9-19-65-22-23-67-26-27-69-30-31-71-34-35-72-33-32-70-29-28-68-25-24-66-21-20-64-3/h4-7,11-14,16-17,36,39,47-49,59H,8-10,15,18-35,37-38H2,1-3H3,(H,56,60)(H,57,61)(H,58,63)(H3,54,55,62)/t48-,49-/m0/s1. The number of alkyl carbamates (subject to hydrolysis) is 1. The van der Waals surface area contributed by atoms with Gasteiger partial charge in [0.15, 0.2) is 0 Å². The van der Waals surface area contributed by atoms with E-state index in [1.807, 2.05) is 48.5 Å². The molecule has 4 rings (SSSR count). The van der Waals surface area contributed by atoms with E-state index in [2.05, 4.69) is 21.3 Å². The molecule has 0 spiro atoms. The molecule has 20 heteroatoms. The molecular weight excluding hydrogens is 947 g/mol. The lowest BCUT2D eigenvalue weighted by atomic mass is 9.98. The minimum atomic E-state index is -1.04. The van der Waals surface area contributed by atoms with E-state index in [0.29, 0.717) is 143 Å². The number of urea groups is 1. The molecule has 0 aliphatic heterocycles. The van der Waals surface area contributed by atoms with E-state index in [1.54, 1.807) is 39.2 Å². The Kier molecular flexibility index (Phi) is 30.3. The highest BCUT2D eigenvalue weighted by molar-refractivity contribution is 5.98. The summed E-state index contributed by atoms with van der Waals surface area (Å²) in [6.45, 7) is 11.7. The topological polar surface area (TPSA) is 255 Å². The van der Waals surface area contributed by atoms with Crippen LogP contribution in [0.3, 0.4) is 0 Å². The van der Waals surface area contributed by atoms with Crippen LogP contribution in [-0.4, -0.2) is 174 Å². The maximum atomic E-state index is 13.8. The number of fused-ring (bicyclic) bond motifs is 3. The second-order valence-electron chi connectivity index (χ2n) is 17.3. The first-order valence-electron chi connectivity index (χ1n) is 25.2. The number of aliphatic hydroxyl groups excluding tert-OH is 1. The summed E-state index contributed by atoms with van der Waals surface area (Å²) < 4.78 is 54.8. The molecule has 5 amide bonds. The fraction of sp³-hybridized carbons (Fsp3) is 0.585. The lowest BCUT2D eigenvalue weighted by Gasteiger charge is -2.25. The van der Waals surface area contributed by atoms with Crippen molar-refractivity contribution in [3.63, 3.8) is 0 Å². The van der Waals surface area contributed by atoms with Crippen LogP contribution in [0.15, 0.2) is 66.7 Å². The van der Waals surface area contributed by atoms with E-state index >= 15 is 0 Å². The third kappa shape index (κ3) is 23.7. The van der Waals surface area contributed by atoms with Gasteiger partial charge in [0.2, 0.25) is 11.8 Å². The van der Waals surface area contributed by atoms with Gasteiger partial charge in [0, 0.05) is 31.9 Å². The summed E-state index contributed by atoms with van der Waals surface area (Å²) in [4.78, 5) is 52.3. The number of benzene rings is 3. The van der Waals surface area contributed by atoms with Crippen LogP contribution in [0.2, 0.25) is 0 Å². The summed E-state index contributed by atoms with van der Waals surface area (Å²) in [5, 5.41) is 21.0. The number of carbonyl (C=O) groups is 4. The lowest BCUT2D eigenvalue weighted by molar-refractivity contribution is -0.128. The number of nitrogens with two attached hydrogens (primary N) is 1. The number of hydrogen-bond acceptors (Lipinski definition) is 15. The predicted molar refractivity (Wildman–Crippen MR) is 273 cm³/mol. The Labute approximate surface area is 429 Å². The molecule has 73 heavy (non-hydrogen) atoms. The van der Waals surface area contributed by atoms with E-state index in [-0.39, 0.29) is 38.0 Å². The molecular formula is C53H79N5O15. The van der Waals surface area contributed by atoms with Crippen molar-refractivity contribution >= 4 is 29.6 Å². The Hall–Kier alpha value is -5.26. The van der Waals surface area contributed by atoms with E-state index in [0.717, 1.165) is 27.8 Å². The zero-order valence-corrected chi connectivity index (χ0v) is 42.9. The average Bonchev–Trinajstić information content (AvgIpc) is 3.71. The molecule has 1 aliphatic carbocycles. The molecule has 0 bridgehead atoms. The van der Waals surface area contributed by atoms with Crippen LogP contribution in [0.5, 0.6) is 0 Å². The molecule has 1 aliphatic rings. The average molecular weight is 1030 g/mol. The second kappa shape index (κ2) is 36.6. The molecule has 0 saturated carbocycles. The third-order valence-electron chi connectivity index (χ3n) is 11.6. The molecule has 0 unspecified atom stereocenters. The highest BCUT2D eigenvalue weighted by Crippen LogP contribution is 2.44. The highest BCUT2D eigenvalue weighted by Gasteiger charge is 2.32. The van der Waals surface area contributed by atoms with Gasteiger partial charge in [0.05, 0.1) is 112 Å². The SMILES string of the molecule is COCCOCCOCCOCCOCCOCCOCCOCCOCCCc1cc(NC(=O)[C@H](CCCNC(N)=O)NC(=O)[C@@H](NC(=O)OCC2c3ccccc3-c3ccccc32)C(C)C)ccc1CO. The molecule has 3 aromatic carbocycles. The van der Waals surface area contributed by atoms with Gasteiger partial charge < -0.3 is 79.5 Å². The number of amides is 5. The van der Waals surface area contributed by atoms with Crippen molar-refractivity contribution in [2.75, 3.05) is 138 Å². The van der Waals surface area contributed by atoms with E-state index in [1.165, 1.54) is 0 Å². The largest absolute Gasteiger partial charge is 0.449 e. The Bertz CT molecular complexity index is 2000. The van der Waals surface area contributed by atoms with Gasteiger partial charge in [-0.3, -0.25) is 9.59 Å². The molecule has 20 nitrogen and oxygen atoms in total. The maximum absolute atomic E-state index is 13.8. The minimum Gasteiger partial charge on any atom is -0.449 e. The van der Waals surface area contributed by atoms with Crippen LogP contribution in [0.4, 0.5) is 15.3 Å². The van der Waals surface area contributed by atoms with Gasteiger partial charge in [0.25, 0.3) is 0 Å². The Morgan fingerprint density at radius 2 is 1.10 bits per heavy atom. The molecule has 2 atom stereocenters. The first kappa shape index (κ1) is 60.3. The minimum absolute atomic E-state index is 0.0710. The lowest BCUT2D eigenvalue weighted by Crippen LogP contribution is -2.54. The summed E-state index contributed by atoms with van der Waals surface area (Å²) in [5.41, 5.74) is 11.6. The van der Waals surface area contributed by atoms with Crippen molar-refractivity contribution in [3.05, 3.63) is 89.0 Å². The van der Waals surface area contributed by atoms with Crippen molar-refractivity contribution < 1.29 is 71.7 Å². The summed E-state index contributed by atoms with van der Waals surface area (Å²) in [7, 11) is 1.63. The number of primary amides is 1. The molecule has 0 fully saturated rings. The summed E-state index contributed by atoms with van der Waals surface area (Å²) in [6, 6.07) is 18.4. The smallest absolute Gasteiger partial charge is 0.407 e. The Balaban J connectivity index is 1.10. The van der Waals surface area contributed by atoms with Crippen molar-refractivity contribution in [3.8, 4) is 11.1 Å². The summed E-state index contributed by atoms with van der Waals surface area (Å²) >= 11 is 0. The molecule has 0 heterocycles. The van der Waals surface area contributed by atoms with Crippen LogP contribution in [-0.2, 0) is 70.0 Å². The van der Waals surface area contributed by atoms with Crippen molar-refractivity contribution in [2.24, 2.45) is 11.7 Å². The van der Waals surface area contributed by atoms with Crippen molar-refractivity contribution in [2.45, 2.75) is 64.1 Å². The predicted octanol–water partition coefficient (Wildman–Crippen LogP) is 4.33. The number of ether oxygens (including phenoxy) is 10. The number of methoxy groups -OCH3 is 1. The highest BCUT2D eigenvalue weighted by atomic mass is 16.6. The zero-order chi connectivity index (χ0) is 52.3. The van der Waals surface area contributed by atoms with E-state index in [9.17, 15) is 24.3 Å². The van der Waals surface area contributed by atoms with Gasteiger partial charge in [-0.25, -0.2) is 9.59 Å². The molecule has 0 radical (unpaired) electrons. The van der Waals surface area contributed by atoms with Crippen LogP contribution < -0.4 is 27.0 Å². The van der Waals surface area contributed by atoms with Crippen LogP contribution in [0, 0.1) is 5.92 Å². The molecule has 0 aromatic heterocycles. The van der Waals surface area contributed by atoms with Gasteiger partial charge in [-0.1, -0.05) is 68.4 Å². The quantitative estimate of drug-likeness (QED) is 0.0433. The summed E-state index contributed by atoms with van der Waals surface area (Å²) in [6.07, 6.45) is 0.923. The number of nitrogens with one attached hydrogen (secondary N) is 4. The van der Waals surface area contributed by atoms with E-state index < -0.39 is 36.0 Å². The number of hydrogen-bond donors (Lipinski definition) is 6. The summed E-state index contributed by atoms with van der Waals surface area (Å²) in [5.74, 6) is -1.60. The van der Waals surface area contributed by atoms with Gasteiger partial charge in [0.1, 0.15) is 18.7 Å². The number of aryl methyl sites for hydroxylation is 1. The molecule has 0 saturated heterocycles. The van der Waals surface area contributed by atoms with Crippen LogP contribution >= 0.6 is 0 Å². The van der Waals surface area contributed by atoms with Crippen LogP contribution in [0.25, 0.3) is 11.1 Å².